The minimum absolute atomic E-state index is 0. The van der Waals surface area contributed by atoms with Gasteiger partial charge in [0.1, 0.15) is 6.04 Å². The maximum Gasteiger partial charge on any atom is 0.241 e. The summed E-state index contributed by atoms with van der Waals surface area (Å²) in [6, 6.07) is -3.02. The molecule has 0 aliphatic rings. The third-order valence-electron chi connectivity index (χ3n) is 8.71. The summed E-state index contributed by atoms with van der Waals surface area (Å²) in [7, 11) is 0. The first kappa shape index (κ1) is 53.0. The first-order valence-corrected chi connectivity index (χ1v) is 18.4. The van der Waals surface area contributed by atoms with Crippen molar-refractivity contribution in [3.8, 4) is 0 Å². The highest BCUT2D eigenvalue weighted by atomic mass is 35.5. The van der Waals surface area contributed by atoms with Gasteiger partial charge in [0.15, 0.2) is 11.7 Å². The van der Waals surface area contributed by atoms with Gasteiger partial charge in [-0.15, -0.1) is 37.2 Å². The van der Waals surface area contributed by atoms with E-state index < -0.39 is 18.1 Å². The van der Waals surface area contributed by atoms with Gasteiger partial charge in [0, 0.05) is 19.6 Å². The number of carbonyl (C=O) groups is 2. The Morgan fingerprint density at radius 2 is 0.872 bits per heavy atom. The molecule has 284 valence electrons. The molecule has 9 nitrogen and oxygen atoms in total. The molecule has 0 spiro atoms. The molecule has 0 fully saturated rings. The number of Topliss-reactive ketones (excluding diaryl/α,β-unsaturated/α-hetero) is 1. The molecule has 0 aliphatic heterocycles. The lowest BCUT2D eigenvalue weighted by atomic mass is 9.96. The van der Waals surface area contributed by atoms with Crippen LogP contribution in [-0.4, -0.2) is 60.3 Å². The zero-order valence-electron chi connectivity index (χ0n) is 30.1. The summed E-state index contributed by atoms with van der Waals surface area (Å²) in [4.78, 5) is 32.1. The molecular weight excluding hydrogens is 657 g/mol. The Morgan fingerprint density at radius 1 is 0.532 bits per heavy atom. The van der Waals surface area contributed by atoms with Gasteiger partial charge in [-0.3, -0.25) is 14.6 Å². The zero-order chi connectivity index (χ0) is 32.8. The van der Waals surface area contributed by atoms with E-state index in [9.17, 15) is 9.59 Å². The summed E-state index contributed by atoms with van der Waals surface area (Å²) < 4.78 is 0. The molecule has 0 aliphatic carbocycles. The molecule has 47 heavy (non-hydrogen) atoms. The van der Waals surface area contributed by atoms with Gasteiger partial charge < -0.3 is 33.6 Å². The van der Waals surface area contributed by atoms with Gasteiger partial charge >= 0.3 is 0 Å². The van der Waals surface area contributed by atoms with Gasteiger partial charge in [-0.25, -0.2) is 0 Å². The van der Waals surface area contributed by atoms with Crippen molar-refractivity contribution in [3.05, 3.63) is 0 Å². The van der Waals surface area contributed by atoms with Crippen molar-refractivity contribution in [2.75, 3.05) is 19.6 Å². The number of carbonyl (C=O) groups excluding carboxylic acids is 2. The summed E-state index contributed by atoms with van der Waals surface area (Å²) in [6.07, 6.45) is 28.6. The quantitative estimate of drug-likeness (QED) is 0.0273. The Bertz CT molecular complexity index is 731. The Hall–Kier alpha value is -0.840. The number of ketones is 1. The molecule has 1 amide bonds. The molecule has 12 heteroatoms. The van der Waals surface area contributed by atoms with Crippen molar-refractivity contribution in [2.24, 2.45) is 33.7 Å². The molecule has 0 aromatic heterocycles. The number of aliphatic imine (C=N–C) groups is 1. The third kappa shape index (κ3) is 30.9. The molecule has 0 saturated heterocycles. The van der Waals surface area contributed by atoms with E-state index in [4.69, 9.17) is 28.7 Å². The predicted molar refractivity (Wildman–Crippen MR) is 210 cm³/mol. The van der Waals surface area contributed by atoms with Gasteiger partial charge in [0.2, 0.25) is 5.91 Å². The average Bonchev–Trinajstić information content (AvgIpc) is 3.01. The number of rotatable bonds is 32. The largest absolute Gasteiger partial charge is 0.370 e. The maximum atomic E-state index is 13.5. The maximum absolute atomic E-state index is 13.5. The van der Waals surface area contributed by atoms with Crippen LogP contribution in [0.3, 0.4) is 0 Å². The zero-order valence-corrected chi connectivity index (χ0v) is 32.6. The molecule has 0 bridgehead atoms. The van der Waals surface area contributed by atoms with E-state index in [0.717, 1.165) is 25.7 Å². The van der Waals surface area contributed by atoms with E-state index >= 15 is 0 Å². The van der Waals surface area contributed by atoms with E-state index in [1.165, 1.54) is 116 Å². The highest BCUT2D eigenvalue weighted by molar-refractivity contribution is 5.95. The van der Waals surface area contributed by atoms with Crippen molar-refractivity contribution >= 4 is 54.9 Å². The van der Waals surface area contributed by atoms with Gasteiger partial charge in [0.05, 0.1) is 12.1 Å². The lowest BCUT2D eigenvalue weighted by Gasteiger charge is -2.29. The first-order valence-electron chi connectivity index (χ1n) is 18.4. The van der Waals surface area contributed by atoms with Crippen LogP contribution >= 0.6 is 37.2 Å². The summed E-state index contributed by atoms with van der Waals surface area (Å²) in [5.41, 5.74) is 29.3. The van der Waals surface area contributed by atoms with Crippen molar-refractivity contribution < 1.29 is 9.59 Å². The Labute approximate surface area is 307 Å². The number of unbranched alkanes of at least 4 members (excludes halogenated alkanes) is 20. The molecule has 10 N–H and O–H groups in total. The summed E-state index contributed by atoms with van der Waals surface area (Å²) in [6.45, 7) is 6.21. The number of nitrogens with zero attached hydrogens (tertiary/aromatic N) is 2. The van der Waals surface area contributed by atoms with Crippen molar-refractivity contribution in [1.82, 2.24) is 4.90 Å². The summed E-state index contributed by atoms with van der Waals surface area (Å²) >= 11 is 0. The molecule has 0 saturated carbocycles. The van der Waals surface area contributed by atoms with E-state index in [1.807, 2.05) is 4.90 Å². The highest BCUT2D eigenvalue weighted by Crippen LogP contribution is 2.14. The van der Waals surface area contributed by atoms with Crippen molar-refractivity contribution in [1.29, 1.82) is 0 Å². The molecule has 0 aromatic rings. The summed E-state index contributed by atoms with van der Waals surface area (Å²) in [5.74, 6) is -0.623. The molecule has 0 radical (unpaired) electrons. The lowest BCUT2D eigenvalue weighted by molar-refractivity contribution is -0.136. The van der Waals surface area contributed by atoms with Crippen LogP contribution in [0.2, 0.25) is 0 Å². The Kier molecular flexibility index (Phi) is 42.8. The van der Waals surface area contributed by atoms with Gasteiger partial charge in [-0.1, -0.05) is 142 Å². The monoisotopic (exact) mass is 732 g/mol. The van der Waals surface area contributed by atoms with Crippen molar-refractivity contribution in [2.45, 2.75) is 186 Å². The summed E-state index contributed by atoms with van der Waals surface area (Å²) in [5, 5.41) is 0. The van der Waals surface area contributed by atoms with Crippen LogP contribution in [0.5, 0.6) is 0 Å². The van der Waals surface area contributed by atoms with E-state index in [-0.39, 0.29) is 54.9 Å². The van der Waals surface area contributed by atoms with Crippen LogP contribution in [0.4, 0.5) is 0 Å². The Balaban J connectivity index is -0.00000308. The topological polar surface area (TPSA) is 180 Å². The molecule has 0 aromatic carbocycles. The first-order chi connectivity index (χ1) is 21.3. The van der Waals surface area contributed by atoms with Gasteiger partial charge in [-0.05, 0) is 25.7 Å². The molecule has 3 atom stereocenters. The number of guanidine groups is 1. The number of nitrogens with two attached hydrogens (primary N) is 5. The van der Waals surface area contributed by atoms with Crippen molar-refractivity contribution in [3.63, 3.8) is 0 Å². The van der Waals surface area contributed by atoms with Crippen LogP contribution in [0, 0.1) is 0 Å². The fourth-order valence-corrected chi connectivity index (χ4v) is 5.72. The fraction of sp³-hybridized carbons (Fsp3) is 0.914. The minimum Gasteiger partial charge on any atom is -0.370 e. The smallest absolute Gasteiger partial charge is 0.241 e. The number of hydrogen-bond donors (Lipinski definition) is 5. The van der Waals surface area contributed by atoms with E-state index in [0.29, 0.717) is 32.5 Å². The predicted octanol–water partition coefficient (Wildman–Crippen LogP) is 7.31. The van der Waals surface area contributed by atoms with E-state index in [1.54, 1.807) is 0 Å². The molecule has 0 rings (SSSR count). The second-order valence-electron chi connectivity index (χ2n) is 12.9. The second-order valence-corrected chi connectivity index (χ2v) is 12.9. The normalized spacial score (nSPS) is 12.5. The third-order valence-corrected chi connectivity index (χ3v) is 8.71. The highest BCUT2D eigenvalue weighted by Gasteiger charge is 2.32. The number of halogens is 3. The van der Waals surface area contributed by atoms with Crippen LogP contribution in [0.25, 0.3) is 0 Å². The van der Waals surface area contributed by atoms with Crippen LogP contribution in [0.1, 0.15) is 168 Å². The molecule has 3 unspecified atom stereocenters. The number of hydrogen-bond acceptors (Lipinski definition) is 6. The molecular formula is C35H76Cl3N7O2. The fourth-order valence-electron chi connectivity index (χ4n) is 5.72. The van der Waals surface area contributed by atoms with E-state index in [2.05, 4.69) is 18.8 Å². The lowest BCUT2D eigenvalue weighted by Crippen LogP contribution is -2.59. The SMILES string of the molecule is CCCCCCCCCCCCCCN(CCCCCCCCCCCC)C(=O)C(N)C(N)C(=O)C(N)CCCN=C(N)N.Cl.Cl.Cl. The second kappa shape index (κ2) is 38.0. The van der Waals surface area contributed by atoms with Crippen LogP contribution in [0.15, 0.2) is 4.99 Å². The molecule has 0 heterocycles. The Morgan fingerprint density at radius 3 is 1.21 bits per heavy atom. The standard InChI is InChI=1S/C35H73N7O2.3ClH/c1-3-5-7-9-11-13-15-16-18-20-22-24-29-42(28-23-21-19-17-14-12-10-8-6-4-2)34(44)32(38)31(37)33(43)30(36)26-25-27-41-35(39)40;;;/h30-32H,3-29,36-38H2,1-2H3,(H4,39,40,41);3*1H. The van der Waals surface area contributed by atoms with Crippen LogP contribution in [-0.2, 0) is 9.59 Å². The minimum atomic E-state index is -1.13. The van der Waals surface area contributed by atoms with Gasteiger partial charge in [0.25, 0.3) is 0 Å². The average molecular weight is 733 g/mol. The van der Waals surface area contributed by atoms with Gasteiger partial charge in [-0.2, -0.15) is 0 Å². The van der Waals surface area contributed by atoms with Crippen LogP contribution < -0.4 is 28.7 Å². The number of amides is 1.